The minimum absolute atomic E-state index is 0.145. The lowest BCUT2D eigenvalue weighted by atomic mass is 10.1. The van der Waals surface area contributed by atoms with Crippen LogP contribution >= 0.6 is 0 Å². The third-order valence-electron chi connectivity index (χ3n) is 3.56. The Kier molecular flexibility index (Phi) is 4.84. The first kappa shape index (κ1) is 16.4. The number of rotatable bonds is 5. The summed E-state index contributed by atoms with van der Waals surface area (Å²) in [6.45, 7) is 0.334. The number of pyridine rings is 1. The van der Waals surface area contributed by atoms with E-state index in [0.717, 1.165) is 5.56 Å². The van der Waals surface area contributed by atoms with E-state index in [-0.39, 0.29) is 11.6 Å². The molecule has 25 heavy (non-hydrogen) atoms. The molecule has 0 saturated heterocycles. The van der Waals surface area contributed by atoms with Crippen LogP contribution in [0.2, 0.25) is 0 Å². The van der Waals surface area contributed by atoms with Gasteiger partial charge in [-0.25, -0.2) is 4.79 Å². The minimum atomic E-state index is -0.589. The monoisotopic (exact) mass is 336 g/mol. The highest BCUT2D eigenvalue weighted by atomic mass is 16.5. The fraction of sp³-hybridized carbons (Fsp3) is 0.111. The van der Waals surface area contributed by atoms with Crippen molar-refractivity contribution in [1.82, 2.24) is 20.3 Å². The van der Waals surface area contributed by atoms with Crippen LogP contribution in [0.4, 0.5) is 0 Å². The van der Waals surface area contributed by atoms with Gasteiger partial charge < -0.3 is 15.0 Å². The summed E-state index contributed by atoms with van der Waals surface area (Å²) in [5, 5.41) is 2.75. The van der Waals surface area contributed by atoms with Gasteiger partial charge in [-0.2, -0.15) is 4.98 Å². The number of aromatic nitrogens is 3. The molecule has 2 heterocycles. The number of hydrogen-bond donors (Lipinski definition) is 2. The Morgan fingerprint density at radius 3 is 2.76 bits per heavy atom. The Bertz CT molecular complexity index is 938. The molecule has 0 aliphatic heterocycles. The van der Waals surface area contributed by atoms with Crippen molar-refractivity contribution in [2.45, 2.75) is 6.54 Å². The summed E-state index contributed by atoms with van der Waals surface area (Å²) in [5.74, 6) is 0.253. The van der Waals surface area contributed by atoms with Crippen LogP contribution in [0.3, 0.4) is 0 Å². The van der Waals surface area contributed by atoms with E-state index in [2.05, 4.69) is 20.3 Å². The van der Waals surface area contributed by atoms with Gasteiger partial charge in [0, 0.05) is 24.5 Å². The minimum Gasteiger partial charge on any atom is -0.497 e. The molecular weight excluding hydrogens is 320 g/mol. The molecule has 0 bridgehead atoms. The lowest BCUT2D eigenvalue weighted by Gasteiger charge is -2.07. The van der Waals surface area contributed by atoms with E-state index in [1.807, 2.05) is 0 Å². The van der Waals surface area contributed by atoms with Crippen molar-refractivity contribution >= 4 is 5.91 Å². The molecule has 2 N–H and O–H groups in total. The van der Waals surface area contributed by atoms with E-state index < -0.39 is 5.69 Å². The molecule has 0 saturated carbocycles. The highest BCUT2D eigenvalue weighted by molar-refractivity contribution is 5.93. The van der Waals surface area contributed by atoms with Gasteiger partial charge in [0.05, 0.1) is 12.8 Å². The molecule has 0 atom stereocenters. The number of aromatic amines is 1. The predicted molar refractivity (Wildman–Crippen MR) is 92.3 cm³/mol. The molecule has 7 heteroatoms. The summed E-state index contributed by atoms with van der Waals surface area (Å²) in [5.41, 5.74) is 1.55. The molecule has 0 aliphatic rings. The first-order valence-corrected chi connectivity index (χ1v) is 7.58. The Morgan fingerprint density at radius 2 is 2.00 bits per heavy atom. The number of benzene rings is 1. The van der Waals surface area contributed by atoms with Gasteiger partial charge in [-0.1, -0.05) is 12.1 Å². The maximum Gasteiger partial charge on any atom is 0.346 e. The summed E-state index contributed by atoms with van der Waals surface area (Å²) < 4.78 is 5.17. The van der Waals surface area contributed by atoms with E-state index in [1.165, 1.54) is 6.07 Å². The summed E-state index contributed by atoms with van der Waals surface area (Å²) in [4.78, 5) is 34.5. The summed E-state index contributed by atoms with van der Waals surface area (Å²) >= 11 is 0. The average Bonchev–Trinajstić information content (AvgIpc) is 2.66. The quantitative estimate of drug-likeness (QED) is 0.740. The lowest BCUT2D eigenvalue weighted by Crippen LogP contribution is -2.27. The van der Waals surface area contributed by atoms with Crippen molar-refractivity contribution in [2.75, 3.05) is 7.11 Å². The van der Waals surface area contributed by atoms with E-state index >= 15 is 0 Å². The molecule has 126 valence electrons. The van der Waals surface area contributed by atoms with E-state index in [1.54, 1.807) is 55.9 Å². The number of nitrogens with zero attached hydrogens (tertiary/aromatic N) is 2. The first-order chi connectivity index (χ1) is 12.2. The largest absolute Gasteiger partial charge is 0.497 e. The van der Waals surface area contributed by atoms with Crippen LogP contribution in [0.5, 0.6) is 5.75 Å². The second-order valence-corrected chi connectivity index (χ2v) is 5.26. The van der Waals surface area contributed by atoms with Gasteiger partial charge in [-0.05, 0) is 35.9 Å². The van der Waals surface area contributed by atoms with Crippen molar-refractivity contribution in [1.29, 1.82) is 0 Å². The second-order valence-electron chi connectivity index (χ2n) is 5.26. The van der Waals surface area contributed by atoms with Crippen LogP contribution in [0.1, 0.15) is 16.1 Å². The maximum absolute atomic E-state index is 12.3. The van der Waals surface area contributed by atoms with Gasteiger partial charge in [0.1, 0.15) is 11.4 Å². The van der Waals surface area contributed by atoms with E-state index in [4.69, 9.17) is 4.74 Å². The second kappa shape index (κ2) is 7.39. The zero-order valence-electron chi connectivity index (χ0n) is 13.5. The number of H-pyrrole nitrogens is 1. The molecule has 0 fully saturated rings. The molecule has 0 unspecified atom stereocenters. The smallest absolute Gasteiger partial charge is 0.346 e. The Hall–Kier alpha value is -3.48. The molecule has 0 radical (unpaired) electrons. The average molecular weight is 336 g/mol. The van der Waals surface area contributed by atoms with Gasteiger partial charge >= 0.3 is 5.69 Å². The highest BCUT2D eigenvalue weighted by Gasteiger charge is 2.11. The summed E-state index contributed by atoms with van der Waals surface area (Å²) in [6, 6.07) is 12.3. The molecule has 3 aromatic rings. The number of methoxy groups -OCH3 is 1. The maximum atomic E-state index is 12.3. The zero-order valence-corrected chi connectivity index (χ0v) is 13.5. The summed E-state index contributed by atoms with van der Waals surface area (Å²) in [6.07, 6.45) is 3.30. The van der Waals surface area contributed by atoms with Crippen molar-refractivity contribution < 1.29 is 9.53 Å². The van der Waals surface area contributed by atoms with Crippen LogP contribution in [0.25, 0.3) is 11.3 Å². The highest BCUT2D eigenvalue weighted by Crippen LogP contribution is 2.21. The standard InChI is InChI=1S/C18H16N4O3/c1-25-14-4-2-3-13(9-14)15-10-16(22-18(24)21-15)17(23)20-11-12-5-7-19-8-6-12/h2-10H,11H2,1H3,(H,20,23)(H,21,22,24). The number of ether oxygens (including phenoxy) is 1. The van der Waals surface area contributed by atoms with Crippen molar-refractivity contribution in [3.63, 3.8) is 0 Å². The Labute approximate surface area is 143 Å². The number of amides is 1. The van der Waals surface area contributed by atoms with E-state index in [0.29, 0.717) is 23.6 Å². The molecule has 1 aromatic carbocycles. The number of carbonyl (C=O) groups excluding carboxylic acids is 1. The lowest BCUT2D eigenvalue weighted by molar-refractivity contribution is 0.0945. The van der Waals surface area contributed by atoms with Gasteiger partial charge in [0.15, 0.2) is 0 Å². The number of carbonyl (C=O) groups is 1. The van der Waals surface area contributed by atoms with Crippen molar-refractivity contribution in [3.05, 3.63) is 76.6 Å². The zero-order chi connectivity index (χ0) is 17.6. The fourth-order valence-corrected chi connectivity index (χ4v) is 2.29. The van der Waals surface area contributed by atoms with Gasteiger partial charge in [0.2, 0.25) is 0 Å². The van der Waals surface area contributed by atoms with Gasteiger partial charge in [-0.15, -0.1) is 0 Å². The van der Waals surface area contributed by atoms with Gasteiger partial charge in [0.25, 0.3) is 5.91 Å². The predicted octanol–water partition coefficient (Wildman–Crippen LogP) is 1.77. The van der Waals surface area contributed by atoms with Crippen LogP contribution in [-0.4, -0.2) is 28.0 Å². The molecular formula is C18H16N4O3. The van der Waals surface area contributed by atoms with Gasteiger partial charge in [-0.3, -0.25) is 9.78 Å². The molecule has 7 nitrogen and oxygen atoms in total. The van der Waals surface area contributed by atoms with Crippen LogP contribution < -0.4 is 15.7 Å². The molecule has 2 aromatic heterocycles. The number of nitrogens with one attached hydrogen (secondary N) is 2. The van der Waals surface area contributed by atoms with E-state index in [9.17, 15) is 9.59 Å². The van der Waals surface area contributed by atoms with Crippen LogP contribution in [0.15, 0.2) is 59.7 Å². The van der Waals surface area contributed by atoms with Crippen LogP contribution in [-0.2, 0) is 6.54 Å². The normalized spacial score (nSPS) is 10.3. The fourth-order valence-electron chi connectivity index (χ4n) is 2.29. The molecule has 0 aliphatic carbocycles. The first-order valence-electron chi connectivity index (χ1n) is 7.58. The third kappa shape index (κ3) is 4.08. The van der Waals surface area contributed by atoms with Crippen molar-refractivity contribution in [3.8, 4) is 17.0 Å². The van der Waals surface area contributed by atoms with Crippen LogP contribution in [0, 0.1) is 0 Å². The Balaban J connectivity index is 1.83. The third-order valence-corrected chi connectivity index (χ3v) is 3.56. The Morgan fingerprint density at radius 1 is 1.20 bits per heavy atom. The van der Waals surface area contributed by atoms with Crippen molar-refractivity contribution in [2.24, 2.45) is 0 Å². The topological polar surface area (TPSA) is 97.0 Å². The molecule has 0 spiro atoms. The SMILES string of the molecule is COc1cccc(-c2cc(C(=O)NCc3ccncc3)[nH]c(=O)n2)c1. The molecule has 3 rings (SSSR count). The number of hydrogen-bond acceptors (Lipinski definition) is 5. The molecule has 1 amide bonds. The summed E-state index contributed by atoms with van der Waals surface area (Å²) in [7, 11) is 1.56.